The average Bonchev–Trinajstić information content (AvgIpc) is 3.24. The predicted molar refractivity (Wildman–Crippen MR) is 108 cm³/mol. The van der Waals surface area contributed by atoms with Gasteiger partial charge in [0.25, 0.3) is 11.6 Å². The van der Waals surface area contributed by atoms with Gasteiger partial charge in [-0.3, -0.25) is 10.1 Å². The van der Waals surface area contributed by atoms with Crippen molar-refractivity contribution in [3.8, 4) is 17.2 Å². The van der Waals surface area contributed by atoms with Crippen LogP contribution < -0.4 is 4.74 Å². The Balaban J connectivity index is 1.59. The Kier molecular flexibility index (Phi) is 6.53. The fourth-order valence-corrected chi connectivity index (χ4v) is 2.51. The minimum absolute atomic E-state index is 0.0416. The number of nitrogens with zero attached hydrogens (tertiary/aromatic N) is 3. The van der Waals surface area contributed by atoms with Crippen LogP contribution in [0.1, 0.15) is 31.4 Å². The molecule has 3 rings (SSSR count). The lowest BCUT2D eigenvalue weighted by molar-refractivity contribution is -0.384. The van der Waals surface area contributed by atoms with E-state index >= 15 is 0 Å². The Labute approximate surface area is 172 Å². The van der Waals surface area contributed by atoms with E-state index in [0.29, 0.717) is 12.2 Å². The number of aromatic nitrogens is 2. The molecule has 30 heavy (non-hydrogen) atoms. The van der Waals surface area contributed by atoms with Crippen LogP contribution >= 0.6 is 0 Å². The van der Waals surface area contributed by atoms with Crippen molar-refractivity contribution in [2.45, 2.75) is 20.0 Å². The molecule has 1 aromatic heterocycles. The van der Waals surface area contributed by atoms with Gasteiger partial charge in [0, 0.05) is 23.8 Å². The predicted octanol–water partition coefficient (Wildman–Crippen LogP) is 4.36. The maximum absolute atomic E-state index is 12.1. The van der Waals surface area contributed by atoms with Gasteiger partial charge in [0.1, 0.15) is 5.75 Å². The molecule has 0 fully saturated rings. The molecule has 0 spiro atoms. The van der Waals surface area contributed by atoms with Gasteiger partial charge < -0.3 is 13.9 Å². The number of hydrogen-bond acceptors (Lipinski definition) is 8. The lowest BCUT2D eigenvalue weighted by Gasteiger charge is -2.07. The van der Waals surface area contributed by atoms with Gasteiger partial charge in [0.15, 0.2) is 6.10 Å². The van der Waals surface area contributed by atoms with Crippen LogP contribution in [0.4, 0.5) is 5.69 Å². The normalized spacial score (nSPS) is 11.9. The average molecular weight is 409 g/mol. The number of carbonyl (C=O) groups excluding carboxylic acids is 1. The number of non-ortho nitro benzene ring substituents is 1. The van der Waals surface area contributed by atoms with Crippen molar-refractivity contribution in [1.82, 2.24) is 10.2 Å². The summed E-state index contributed by atoms with van der Waals surface area (Å²) >= 11 is 0. The monoisotopic (exact) mass is 409 g/mol. The number of hydrogen-bond donors (Lipinski definition) is 0. The third-order valence-electron chi connectivity index (χ3n) is 4.01. The summed E-state index contributed by atoms with van der Waals surface area (Å²) in [7, 11) is 0. The van der Waals surface area contributed by atoms with E-state index in [2.05, 4.69) is 10.2 Å². The lowest BCUT2D eigenvalue weighted by Crippen LogP contribution is -2.06. The molecule has 3 aromatic rings. The number of benzene rings is 2. The zero-order valence-electron chi connectivity index (χ0n) is 16.3. The first-order chi connectivity index (χ1) is 14.5. The molecule has 0 N–H and O–H groups in total. The molecule has 1 atom stereocenters. The van der Waals surface area contributed by atoms with Crippen LogP contribution in [-0.2, 0) is 9.53 Å². The second-order valence-electron chi connectivity index (χ2n) is 6.16. The first kappa shape index (κ1) is 20.7. The van der Waals surface area contributed by atoms with Gasteiger partial charge in [-0.05, 0) is 49.8 Å². The number of rotatable bonds is 8. The molecule has 0 bridgehead atoms. The molecule has 154 valence electrons. The summed E-state index contributed by atoms with van der Waals surface area (Å²) in [5, 5.41) is 18.5. The quantitative estimate of drug-likeness (QED) is 0.233. The molecule has 1 heterocycles. The fraction of sp³-hybridized carbons (Fsp3) is 0.190. The molecule has 9 heteroatoms. The highest BCUT2D eigenvalue weighted by molar-refractivity contribution is 5.87. The maximum atomic E-state index is 12.1. The van der Waals surface area contributed by atoms with E-state index in [1.165, 1.54) is 30.3 Å². The zero-order valence-corrected chi connectivity index (χ0v) is 16.3. The molecule has 0 saturated heterocycles. The molecule has 0 unspecified atom stereocenters. The van der Waals surface area contributed by atoms with Gasteiger partial charge in [-0.25, -0.2) is 4.79 Å². The molecule has 0 aliphatic heterocycles. The highest BCUT2D eigenvalue weighted by atomic mass is 16.6. The van der Waals surface area contributed by atoms with E-state index in [-0.39, 0.29) is 17.5 Å². The number of ether oxygens (including phenoxy) is 2. The number of nitro groups is 1. The van der Waals surface area contributed by atoms with Crippen LogP contribution in [0.5, 0.6) is 5.75 Å². The SMILES string of the molecule is CCOc1ccc(/C=C/C(=O)O[C@@H](C)c2nnc(-c3ccc([N+](=O)[O-])cc3)o2)cc1. The van der Waals surface area contributed by atoms with E-state index in [4.69, 9.17) is 13.9 Å². The van der Waals surface area contributed by atoms with Crippen LogP contribution in [0, 0.1) is 10.1 Å². The summed E-state index contributed by atoms with van der Waals surface area (Å²) < 4.78 is 16.2. The van der Waals surface area contributed by atoms with Crippen LogP contribution in [0.3, 0.4) is 0 Å². The van der Waals surface area contributed by atoms with Crippen molar-refractivity contribution >= 4 is 17.7 Å². The van der Waals surface area contributed by atoms with Crippen LogP contribution in [0.25, 0.3) is 17.5 Å². The fourth-order valence-electron chi connectivity index (χ4n) is 2.51. The molecule has 2 aromatic carbocycles. The third-order valence-corrected chi connectivity index (χ3v) is 4.01. The van der Waals surface area contributed by atoms with E-state index in [9.17, 15) is 14.9 Å². The zero-order chi connectivity index (χ0) is 21.5. The molecule has 0 saturated carbocycles. The Hall–Kier alpha value is -4.01. The summed E-state index contributed by atoms with van der Waals surface area (Å²) in [6.07, 6.45) is 2.17. The molecule has 0 aliphatic carbocycles. The Morgan fingerprint density at radius 3 is 2.50 bits per heavy atom. The van der Waals surface area contributed by atoms with Gasteiger partial charge in [0.2, 0.25) is 5.89 Å². The summed E-state index contributed by atoms with van der Waals surface area (Å²) in [6, 6.07) is 13.0. The molecular formula is C21H19N3O6. The van der Waals surface area contributed by atoms with Gasteiger partial charge in [0.05, 0.1) is 11.5 Å². The molecule has 0 amide bonds. The number of nitro benzene ring substituents is 1. The van der Waals surface area contributed by atoms with Crippen molar-refractivity contribution in [3.63, 3.8) is 0 Å². The van der Waals surface area contributed by atoms with Crippen molar-refractivity contribution in [3.05, 3.63) is 76.2 Å². The number of esters is 1. The first-order valence-electron chi connectivity index (χ1n) is 9.16. The molecule has 0 aliphatic rings. The topological polar surface area (TPSA) is 118 Å². The molecule has 9 nitrogen and oxygen atoms in total. The lowest BCUT2D eigenvalue weighted by atomic mass is 10.2. The van der Waals surface area contributed by atoms with Crippen molar-refractivity contribution in [1.29, 1.82) is 0 Å². The molecular weight excluding hydrogens is 390 g/mol. The van der Waals surface area contributed by atoms with E-state index in [1.54, 1.807) is 13.0 Å². The van der Waals surface area contributed by atoms with Crippen molar-refractivity contribution in [2.75, 3.05) is 6.61 Å². The summed E-state index contributed by atoms with van der Waals surface area (Å²) in [6.45, 7) is 4.10. The Bertz CT molecular complexity index is 1040. The summed E-state index contributed by atoms with van der Waals surface area (Å²) in [5.41, 5.74) is 1.30. The van der Waals surface area contributed by atoms with E-state index in [1.807, 2.05) is 31.2 Å². The standard InChI is InChI=1S/C21H19N3O6/c1-3-28-18-11-4-15(5-12-18)6-13-19(25)29-14(2)20-22-23-21(30-20)16-7-9-17(10-8-16)24(26)27/h4-14H,3H2,1-2H3/b13-6+/t14-/m0/s1. The van der Waals surface area contributed by atoms with E-state index < -0.39 is 17.0 Å². The Morgan fingerprint density at radius 2 is 1.87 bits per heavy atom. The Morgan fingerprint density at radius 1 is 1.17 bits per heavy atom. The minimum Gasteiger partial charge on any atom is -0.494 e. The largest absolute Gasteiger partial charge is 0.494 e. The maximum Gasteiger partial charge on any atom is 0.331 e. The van der Waals surface area contributed by atoms with Gasteiger partial charge in [-0.1, -0.05) is 12.1 Å². The summed E-state index contributed by atoms with van der Waals surface area (Å²) in [4.78, 5) is 22.3. The third kappa shape index (κ3) is 5.28. The van der Waals surface area contributed by atoms with Crippen molar-refractivity contribution < 1.29 is 23.6 Å². The molecule has 0 radical (unpaired) electrons. The highest BCUT2D eigenvalue weighted by Crippen LogP contribution is 2.24. The number of carbonyl (C=O) groups is 1. The van der Waals surface area contributed by atoms with Crippen molar-refractivity contribution in [2.24, 2.45) is 0 Å². The van der Waals surface area contributed by atoms with Gasteiger partial charge in [-0.2, -0.15) is 0 Å². The smallest absolute Gasteiger partial charge is 0.331 e. The van der Waals surface area contributed by atoms with Crippen LogP contribution in [0.15, 0.2) is 59.0 Å². The summed E-state index contributed by atoms with van der Waals surface area (Å²) in [5.74, 6) is 0.483. The second kappa shape index (κ2) is 9.46. The van der Waals surface area contributed by atoms with Crippen LogP contribution in [-0.4, -0.2) is 27.7 Å². The minimum atomic E-state index is -0.762. The van der Waals surface area contributed by atoms with Gasteiger partial charge in [-0.15, -0.1) is 10.2 Å². The first-order valence-corrected chi connectivity index (χ1v) is 9.16. The highest BCUT2D eigenvalue weighted by Gasteiger charge is 2.18. The second-order valence-corrected chi connectivity index (χ2v) is 6.16. The van der Waals surface area contributed by atoms with E-state index in [0.717, 1.165) is 11.3 Å². The van der Waals surface area contributed by atoms with Gasteiger partial charge >= 0.3 is 5.97 Å². The van der Waals surface area contributed by atoms with Crippen LogP contribution in [0.2, 0.25) is 0 Å².